The molecule has 1 aliphatic heterocycles. The monoisotopic (exact) mass is 279 g/mol. The van der Waals surface area contributed by atoms with Gasteiger partial charge in [-0.15, -0.1) is 0 Å². The first-order valence-corrected chi connectivity index (χ1v) is 7.02. The number of aryl methyl sites for hydroxylation is 1. The Hall–Kier alpha value is -1.46. The van der Waals surface area contributed by atoms with Crippen LogP contribution < -0.4 is 5.73 Å². The van der Waals surface area contributed by atoms with Crippen molar-refractivity contribution < 1.29 is 9.18 Å². The van der Waals surface area contributed by atoms with Crippen LogP contribution in [0, 0.1) is 5.82 Å². The minimum absolute atomic E-state index is 0.0914. The zero-order valence-corrected chi connectivity index (χ0v) is 11.9. The largest absolute Gasteiger partial charge is 0.336 e. The highest BCUT2D eigenvalue weighted by Crippen LogP contribution is 2.12. The minimum atomic E-state index is -0.255. The van der Waals surface area contributed by atoms with E-state index in [-0.39, 0.29) is 17.8 Å². The van der Waals surface area contributed by atoms with Crippen LogP contribution in [-0.2, 0) is 11.2 Å². The van der Waals surface area contributed by atoms with E-state index in [2.05, 4.69) is 4.90 Å². The lowest BCUT2D eigenvalue weighted by molar-refractivity contribution is -0.135. The van der Waals surface area contributed by atoms with Crippen molar-refractivity contribution in [2.24, 2.45) is 5.73 Å². The van der Waals surface area contributed by atoms with Gasteiger partial charge in [0.25, 0.3) is 0 Å². The summed E-state index contributed by atoms with van der Waals surface area (Å²) in [6, 6.07) is 6.51. The molecule has 0 spiro atoms. The highest BCUT2D eigenvalue weighted by atomic mass is 19.1. The van der Waals surface area contributed by atoms with E-state index >= 15 is 0 Å². The summed E-state index contributed by atoms with van der Waals surface area (Å²) in [5.74, 6) is -0.146. The Bertz CT molecular complexity index is 466. The Kier molecular flexibility index (Phi) is 5.09. The maximum atomic E-state index is 13.1. The Morgan fingerprint density at radius 1 is 1.45 bits per heavy atom. The van der Waals surface area contributed by atoms with Crippen LogP contribution in [0.25, 0.3) is 0 Å². The summed E-state index contributed by atoms with van der Waals surface area (Å²) >= 11 is 0. The summed E-state index contributed by atoms with van der Waals surface area (Å²) in [6.07, 6.45) is 0.976. The molecule has 1 heterocycles. The molecule has 0 saturated carbocycles. The van der Waals surface area contributed by atoms with Gasteiger partial charge in [-0.05, 0) is 31.2 Å². The maximum absolute atomic E-state index is 13.1. The summed E-state index contributed by atoms with van der Waals surface area (Å²) < 4.78 is 13.1. The van der Waals surface area contributed by atoms with Gasteiger partial charge in [0.2, 0.25) is 5.91 Å². The molecule has 20 heavy (non-hydrogen) atoms. The van der Waals surface area contributed by atoms with E-state index in [0.717, 1.165) is 25.2 Å². The van der Waals surface area contributed by atoms with E-state index in [9.17, 15) is 9.18 Å². The van der Waals surface area contributed by atoms with Crippen molar-refractivity contribution in [1.82, 2.24) is 9.80 Å². The van der Waals surface area contributed by atoms with Crippen molar-refractivity contribution in [3.05, 3.63) is 35.6 Å². The Labute approximate surface area is 119 Å². The molecule has 2 N–H and O–H groups in total. The number of hydrogen-bond donors (Lipinski definition) is 1. The highest BCUT2D eigenvalue weighted by Gasteiger charge is 2.27. The number of halogens is 1. The standard InChI is InChI=1S/C15H22FN3O/c1-18-7-8-19(14(10-17)11-18)15(20)6-5-12-3-2-4-13(16)9-12/h2-4,9,14H,5-8,10-11,17H2,1H3/t14-/m1/s1. The van der Waals surface area contributed by atoms with Gasteiger partial charge in [0, 0.05) is 32.6 Å². The molecule has 1 aromatic rings. The van der Waals surface area contributed by atoms with E-state index < -0.39 is 0 Å². The third-order valence-corrected chi connectivity index (χ3v) is 3.79. The topological polar surface area (TPSA) is 49.6 Å². The molecule has 1 fully saturated rings. The maximum Gasteiger partial charge on any atom is 0.223 e. The van der Waals surface area contributed by atoms with E-state index in [1.165, 1.54) is 12.1 Å². The molecule has 0 bridgehead atoms. The second-order valence-electron chi connectivity index (χ2n) is 5.37. The van der Waals surface area contributed by atoms with Crippen molar-refractivity contribution in [2.45, 2.75) is 18.9 Å². The van der Waals surface area contributed by atoms with Crippen molar-refractivity contribution in [3.63, 3.8) is 0 Å². The molecule has 0 unspecified atom stereocenters. The van der Waals surface area contributed by atoms with Crippen molar-refractivity contribution >= 4 is 5.91 Å². The van der Waals surface area contributed by atoms with Gasteiger partial charge in [0.15, 0.2) is 0 Å². The van der Waals surface area contributed by atoms with Crippen LogP contribution >= 0.6 is 0 Å². The fourth-order valence-corrected chi connectivity index (χ4v) is 2.63. The van der Waals surface area contributed by atoms with Crippen LogP contribution in [0.4, 0.5) is 4.39 Å². The second-order valence-corrected chi connectivity index (χ2v) is 5.37. The van der Waals surface area contributed by atoms with E-state index in [0.29, 0.717) is 19.4 Å². The minimum Gasteiger partial charge on any atom is -0.336 e. The van der Waals surface area contributed by atoms with Crippen molar-refractivity contribution in [2.75, 3.05) is 33.2 Å². The number of carbonyl (C=O) groups excluding carboxylic acids is 1. The summed E-state index contributed by atoms with van der Waals surface area (Å²) in [4.78, 5) is 16.4. The molecule has 0 aromatic heterocycles. The van der Waals surface area contributed by atoms with Crippen LogP contribution in [-0.4, -0.2) is 55.0 Å². The van der Waals surface area contributed by atoms with Gasteiger partial charge in [-0.1, -0.05) is 12.1 Å². The molecule has 1 aliphatic rings. The van der Waals surface area contributed by atoms with Crippen LogP contribution in [0.15, 0.2) is 24.3 Å². The molecule has 0 radical (unpaired) electrons. The number of hydrogen-bond acceptors (Lipinski definition) is 3. The molecule has 1 aromatic carbocycles. The average molecular weight is 279 g/mol. The number of benzene rings is 1. The molecule has 0 aliphatic carbocycles. The lowest BCUT2D eigenvalue weighted by atomic mass is 10.1. The summed E-state index contributed by atoms with van der Waals surface area (Å²) in [5.41, 5.74) is 6.61. The Balaban J connectivity index is 1.91. The van der Waals surface area contributed by atoms with Crippen LogP contribution in [0.1, 0.15) is 12.0 Å². The Morgan fingerprint density at radius 3 is 2.95 bits per heavy atom. The van der Waals surface area contributed by atoms with E-state index in [1.807, 2.05) is 18.0 Å². The van der Waals surface area contributed by atoms with Gasteiger partial charge >= 0.3 is 0 Å². The average Bonchev–Trinajstić information content (AvgIpc) is 2.44. The number of piperazine rings is 1. The molecular formula is C15H22FN3O. The van der Waals surface area contributed by atoms with E-state index in [1.54, 1.807) is 6.07 Å². The fraction of sp³-hybridized carbons (Fsp3) is 0.533. The third kappa shape index (κ3) is 3.77. The number of rotatable bonds is 4. The first-order valence-electron chi connectivity index (χ1n) is 7.02. The molecule has 5 heteroatoms. The van der Waals surface area contributed by atoms with Gasteiger partial charge in [0.1, 0.15) is 5.82 Å². The SMILES string of the molecule is CN1CCN(C(=O)CCc2cccc(F)c2)[C@H](CN)C1. The molecular weight excluding hydrogens is 257 g/mol. The molecule has 4 nitrogen and oxygen atoms in total. The second kappa shape index (κ2) is 6.81. The summed E-state index contributed by atoms with van der Waals surface area (Å²) in [7, 11) is 2.04. The predicted molar refractivity (Wildman–Crippen MR) is 76.8 cm³/mol. The molecule has 110 valence electrons. The van der Waals surface area contributed by atoms with Gasteiger partial charge in [-0.25, -0.2) is 4.39 Å². The van der Waals surface area contributed by atoms with Crippen LogP contribution in [0.3, 0.4) is 0 Å². The highest BCUT2D eigenvalue weighted by molar-refractivity contribution is 5.77. The molecule has 2 rings (SSSR count). The van der Waals surface area contributed by atoms with Crippen LogP contribution in [0.2, 0.25) is 0 Å². The van der Waals surface area contributed by atoms with Crippen molar-refractivity contribution in [3.8, 4) is 0 Å². The van der Waals surface area contributed by atoms with Gasteiger partial charge in [0.05, 0.1) is 6.04 Å². The first kappa shape index (κ1) is 14.9. The number of likely N-dealkylation sites (N-methyl/N-ethyl adjacent to an activating group) is 1. The Morgan fingerprint density at radius 2 is 2.25 bits per heavy atom. The quantitative estimate of drug-likeness (QED) is 0.889. The number of nitrogens with zero attached hydrogens (tertiary/aromatic N) is 2. The van der Waals surface area contributed by atoms with Crippen molar-refractivity contribution in [1.29, 1.82) is 0 Å². The number of carbonyl (C=O) groups is 1. The predicted octanol–water partition coefficient (Wildman–Crippen LogP) is 0.860. The van der Waals surface area contributed by atoms with Gasteiger partial charge in [-0.2, -0.15) is 0 Å². The molecule has 1 amide bonds. The smallest absolute Gasteiger partial charge is 0.223 e. The number of nitrogens with two attached hydrogens (primary N) is 1. The van der Waals surface area contributed by atoms with E-state index in [4.69, 9.17) is 5.73 Å². The van der Waals surface area contributed by atoms with Gasteiger partial charge in [-0.3, -0.25) is 4.79 Å². The normalized spacial score (nSPS) is 20.1. The number of amides is 1. The summed E-state index contributed by atoms with van der Waals surface area (Å²) in [6.45, 7) is 2.90. The van der Waals surface area contributed by atoms with Gasteiger partial charge < -0.3 is 15.5 Å². The zero-order valence-electron chi connectivity index (χ0n) is 11.9. The summed E-state index contributed by atoms with van der Waals surface area (Å²) in [5, 5.41) is 0. The third-order valence-electron chi connectivity index (χ3n) is 3.79. The lowest BCUT2D eigenvalue weighted by Gasteiger charge is -2.39. The lowest BCUT2D eigenvalue weighted by Crippen LogP contribution is -2.56. The molecule has 1 saturated heterocycles. The zero-order chi connectivity index (χ0) is 14.5. The van der Waals surface area contributed by atoms with Crippen LogP contribution in [0.5, 0.6) is 0 Å². The first-order chi connectivity index (χ1) is 9.60. The molecule has 1 atom stereocenters. The fourth-order valence-electron chi connectivity index (χ4n) is 2.63.